The molecule has 0 bridgehead atoms. The molecule has 2 amide bonds. The van der Waals surface area contributed by atoms with Crippen LogP contribution in [0.25, 0.3) is 0 Å². The predicted molar refractivity (Wildman–Crippen MR) is 102 cm³/mol. The summed E-state index contributed by atoms with van der Waals surface area (Å²) in [5.74, 6) is 1.73. The van der Waals surface area contributed by atoms with E-state index in [1.165, 1.54) is 24.0 Å². The Kier molecular flexibility index (Phi) is 6.36. The van der Waals surface area contributed by atoms with Crippen LogP contribution in [-0.4, -0.2) is 26.3 Å². The summed E-state index contributed by atoms with van der Waals surface area (Å²) in [7, 11) is 1.62. The number of carbonyl (C=O) groups is 1. The van der Waals surface area contributed by atoms with Crippen molar-refractivity contribution in [2.45, 2.75) is 32.2 Å². The van der Waals surface area contributed by atoms with Gasteiger partial charge in [-0.15, -0.1) is 0 Å². The van der Waals surface area contributed by atoms with Gasteiger partial charge in [0.15, 0.2) is 0 Å². The van der Waals surface area contributed by atoms with Gasteiger partial charge in [0, 0.05) is 12.1 Å². The summed E-state index contributed by atoms with van der Waals surface area (Å²) in [6.45, 7) is 1.34. The normalized spacial score (nSPS) is 12.8. The molecule has 0 atom stereocenters. The quantitative estimate of drug-likeness (QED) is 0.749. The maximum atomic E-state index is 11.9. The van der Waals surface area contributed by atoms with Gasteiger partial charge in [-0.2, -0.15) is 0 Å². The largest absolute Gasteiger partial charge is 0.496 e. The number of benzene rings is 2. The fourth-order valence-corrected chi connectivity index (χ4v) is 3.29. The van der Waals surface area contributed by atoms with Crippen LogP contribution in [-0.2, 0) is 19.4 Å². The van der Waals surface area contributed by atoms with Gasteiger partial charge in [-0.05, 0) is 48.9 Å². The molecule has 0 aliphatic heterocycles. The molecule has 5 nitrogen and oxygen atoms in total. The van der Waals surface area contributed by atoms with E-state index in [1.807, 2.05) is 36.4 Å². The number of urea groups is 1. The summed E-state index contributed by atoms with van der Waals surface area (Å²) in [6, 6.07) is 13.7. The van der Waals surface area contributed by atoms with Crippen molar-refractivity contribution in [3.05, 3.63) is 59.2 Å². The summed E-state index contributed by atoms with van der Waals surface area (Å²) in [5.41, 5.74) is 3.67. The minimum absolute atomic E-state index is 0.213. The van der Waals surface area contributed by atoms with Gasteiger partial charge in [-0.25, -0.2) is 4.79 Å². The molecule has 0 spiro atoms. The fraction of sp³-hybridized carbons (Fsp3) is 0.381. The number of rotatable bonds is 7. The van der Waals surface area contributed by atoms with Crippen LogP contribution in [0.15, 0.2) is 42.5 Å². The van der Waals surface area contributed by atoms with Gasteiger partial charge in [-0.1, -0.05) is 30.3 Å². The minimum atomic E-state index is -0.213. The molecule has 2 aromatic carbocycles. The van der Waals surface area contributed by atoms with Gasteiger partial charge in [0.2, 0.25) is 0 Å². The van der Waals surface area contributed by atoms with Gasteiger partial charge in [0.05, 0.1) is 13.7 Å². The van der Waals surface area contributed by atoms with Crippen LogP contribution in [0.5, 0.6) is 11.5 Å². The van der Waals surface area contributed by atoms with E-state index >= 15 is 0 Å². The van der Waals surface area contributed by atoms with Gasteiger partial charge in [-0.3, -0.25) is 0 Å². The highest BCUT2D eigenvalue weighted by atomic mass is 16.5. The Bertz CT molecular complexity index is 746. The Labute approximate surface area is 154 Å². The molecule has 26 heavy (non-hydrogen) atoms. The topological polar surface area (TPSA) is 59.6 Å². The monoisotopic (exact) mass is 354 g/mol. The average molecular weight is 354 g/mol. The maximum absolute atomic E-state index is 11.9. The first kappa shape index (κ1) is 18.1. The van der Waals surface area contributed by atoms with Crippen molar-refractivity contribution in [3.8, 4) is 11.5 Å². The second kappa shape index (κ2) is 9.13. The molecular weight excluding hydrogens is 328 g/mol. The number of fused-ring (bicyclic) bond motifs is 1. The van der Waals surface area contributed by atoms with E-state index in [4.69, 9.17) is 9.47 Å². The van der Waals surface area contributed by atoms with Crippen molar-refractivity contribution >= 4 is 6.03 Å². The SMILES string of the molecule is COc1ccccc1CNC(=O)NCCOc1cccc2c1CCCC2. The standard InChI is InChI=1S/C21H26N2O3/c1-25-19-11-5-3-8-17(19)15-23-21(24)22-13-14-26-20-12-6-9-16-7-2-4-10-18(16)20/h3,5-6,8-9,11-12H,2,4,7,10,13-15H2,1H3,(H2,22,23,24). The summed E-state index contributed by atoms with van der Waals surface area (Å²) in [5, 5.41) is 5.66. The van der Waals surface area contributed by atoms with Crippen molar-refractivity contribution in [3.63, 3.8) is 0 Å². The van der Waals surface area contributed by atoms with E-state index in [1.54, 1.807) is 7.11 Å². The molecule has 5 heteroatoms. The van der Waals surface area contributed by atoms with Crippen LogP contribution < -0.4 is 20.1 Å². The van der Waals surface area contributed by atoms with Crippen LogP contribution in [0.3, 0.4) is 0 Å². The molecule has 3 rings (SSSR count). The first-order valence-corrected chi connectivity index (χ1v) is 9.15. The summed E-state index contributed by atoms with van der Waals surface area (Å²) in [4.78, 5) is 11.9. The molecule has 0 radical (unpaired) electrons. The number of ether oxygens (including phenoxy) is 2. The number of amides is 2. The zero-order valence-electron chi connectivity index (χ0n) is 15.2. The van der Waals surface area contributed by atoms with Crippen LogP contribution in [0.4, 0.5) is 4.79 Å². The maximum Gasteiger partial charge on any atom is 0.315 e. The zero-order valence-corrected chi connectivity index (χ0v) is 15.2. The van der Waals surface area contributed by atoms with Crippen molar-refractivity contribution < 1.29 is 14.3 Å². The zero-order chi connectivity index (χ0) is 18.2. The van der Waals surface area contributed by atoms with Gasteiger partial charge in [0.25, 0.3) is 0 Å². The molecular formula is C21H26N2O3. The van der Waals surface area contributed by atoms with Crippen molar-refractivity contribution in [2.75, 3.05) is 20.3 Å². The molecule has 0 aromatic heterocycles. The first-order chi connectivity index (χ1) is 12.8. The Morgan fingerprint density at radius 2 is 1.81 bits per heavy atom. The number of hydrogen-bond donors (Lipinski definition) is 2. The fourth-order valence-electron chi connectivity index (χ4n) is 3.29. The molecule has 0 saturated carbocycles. The second-order valence-corrected chi connectivity index (χ2v) is 6.37. The van der Waals surface area contributed by atoms with E-state index in [-0.39, 0.29) is 6.03 Å². The second-order valence-electron chi connectivity index (χ2n) is 6.37. The lowest BCUT2D eigenvalue weighted by Gasteiger charge is -2.19. The van der Waals surface area contributed by atoms with Gasteiger partial charge in [0.1, 0.15) is 18.1 Å². The van der Waals surface area contributed by atoms with Crippen LogP contribution >= 0.6 is 0 Å². The van der Waals surface area contributed by atoms with E-state index < -0.39 is 0 Å². The van der Waals surface area contributed by atoms with E-state index in [0.29, 0.717) is 19.7 Å². The summed E-state index contributed by atoms with van der Waals surface area (Å²) in [6.07, 6.45) is 4.69. The summed E-state index contributed by atoms with van der Waals surface area (Å²) >= 11 is 0. The third kappa shape index (κ3) is 4.69. The molecule has 0 saturated heterocycles. The molecule has 1 aliphatic carbocycles. The number of aryl methyl sites for hydroxylation is 1. The third-order valence-electron chi connectivity index (χ3n) is 4.63. The van der Waals surface area contributed by atoms with E-state index in [0.717, 1.165) is 29.9 Å². The lowest BCUT2D eigenvalue weighted by molar-refractivity contribution is 0.235. The molecule has 2 N–H and O–H groups in total. The number of nitrogens with one attached hydrogen (secondary N) is 2. The molecule has 0 unspecified atom stereocenters. The number of carbonyl (C=O) groups excluding carboxylic acids is 1. The predicted octanol–water partition coefficient (Wildman–Crippen LogP) is 3.45. The molecule has 2 aromatic rings. The molecule has 138 valence electrons. The number of methoxy groups -OCH3 is 1. The van der Waals surface area contributed by atoms with Gasteiger partial charge >= 0.3 is 6.03 Å². The summed E-state index contributed by atoms with van der Waals surface area (Å²) < 4.78 is 11.2. The van der Waals surface area contributed by atoms with Crippen molar-refractivity contribution in [1.82, 2.24) is 10.6 Å². The minimum Gasteiger partial charge on any atom is -0.496 e. The lowest BCUT2D eigenvalue weighted by Crippen LogP contribution is -2.37. The Morgan fingerprint density at radius 1 is 1.00 bits per heavy atom. The van der Waals surface area contributed by atoms with Gasteiger partial charge < -0.3 is 20.1 Å². The first-order valence-electron chi connectivity index (χ1n) is 9.15. The van der Waals surface area contributed by atoms with Crippen LogP contribution in [0.1, 0.15) is 29.5 Å². The Hall–Kier alpha value is -2.69. The van der Waals surface area contributed by atoms with Crippen LogP contribution in [0, 0.1) is 0 Å². The van der Waals surface area contributed by atoms with Crippen molar-refractivity contribution in [1.29, 1.82) is 0 Å². The highest BCUT2D eigenvalue weighted by Gasteiger charge is 2.13. The Balaban J connectivity index is 1.41. The third-order valence-corrected chi connectivity index (χ3v) is 4.63. The van der Waals surface area contributed by atoms with E-state index in [9.17, 15) is 4.79 Å². The average Bonchev–Trinajstić information content (AvgIpc) is 2.70. The number of hydrogen-bond acceptors (Lipinski definition) is 3. The van der Waals surface area contributed by atoms with Crippen molar-refractivity contribution in [2.24, 2.45) is 0 Å². The highest BCUT2D eigenvalue weighted by Crippen LogP contribution is 2.29. The van der Waals surface area contributed by atoms with E-state index in [2.05, 4.69) is 16.7 Å². The number of para-hydroxylation sites is 1. The van der Waals surface area contributed by atoms with Crippen LogP contribution in [0.2, 0.25) is 0 Å². The molecule has 0 heterocycles. The smallest absolute Gasteiger partial charge is 0.315 e. The lowest BCUT2D eigenvalue weighted by atomic mass is 9.91. The Morgan fingerprint density at radius 3 is 2.69 bits per heavy atom. The molecule has 1 aliphatic rings. The molecule has 0 fully saturated rings. The highest BCUT2D eigenvalue weighted by molar-refractivity contribution is 5.73.